The van der Waals surface area contributed by atoms with Gasteiger partial charge in [0, 0.05) is 25.4 Å². The highest BCUT2D eigenvalue weighted by Gasteiger charge is 2.32. The molecule has 1 saturated heterocycles. The first kappa shape index (κ1) is 18.4. The number of hydrogen-bond acceptors (Lipinski definition) is 5. The van der Waals surface area contributed by atoms with Crippen LogP contribution in [0.4, 0.5) is 0 Å². The van der Waals surface area contributed by atoms with Crippen LogP contribution in [0.5, 0.6) is 0 Å². The number of aromatic nitrogens is 2. The molecule has 2 aliphatic rings. The number of rotatable bonds is 5. The molecular weight excluding hydrogens is 318 g/mol. The summed E-state index contributed by atoms with van der Waals surface area (Å²) < 4.78 is 11.3. The maximum Gasteiger partial charge on any atom is 0.251 e. The second kappa shape index (κ2) is 8.30. The van der Waals surface area contributed by atoms with Gasteiger partial charge < -0.3 is 14.2 Å². The molecule has 0 N–H and O–H groups in total. The Kier molecular flexibility index (Phi) is 6.10. The summed E-state index contributed by atoms with van der Waals surface area (Å²) in [6, 6.07) is 0. The van der Waals surface area contributed by atoms with Crippen molar-refractivity contribution in [2.45, 2.75) is 83.8 Å². The van der Waals surface area contributed by atoms with Crippen molar-refractivity contribution in [1.29, 1.82) is 0 Å². The molecule has 6 heteroatoms. The molecule has 1 amide bonds. The van der Waals surface area contributed by atoms with Crippen LogP contribution in [-0.2, 0) is 16.0 Å². The van der Waals surface area contributed by atoms with E-state index in [0.717, 1.165) is 44.5 Å². The Hall–Kier alpha value is -1.43. The Morgan fingerprint density at radius 3 is 2.92 bits per heavy atom. The van der Waals surface area contributed by atoms with Gasteiger partial charge in [0.1, 0.15) is 6.10 Å². The first-order valence-electron chi connectivity index (χ1n) is 9.83. The van der Waals surface area contributed by atoms with Crippen LogP contribution in [0.2, 0.25) is 0 Å². The van der Waals surface area contributed by atoms with Gasteiger partial charge in [0.2, 0.25) is 5.89 Å². The number of aryl methyl sites for hydroxylation is 1. The van der Waals surface area contributed by atoms with Crippen LogP contribution in [0, 0.1) is 5.92 Å². The van der Waals surface area contributed by atoms with Gasteiger partial charge in [0.15, 0.2) is 5.82 Å². The largest absolute Gasteiger partial charge is 0.365 e. The van der Waals surface area contributed by atoms with E-state index in [1.807, 2.05) is 18.7 Å². The average molecular weight is 349 g/mol. The van der Waals surface area contributed by atoms with E-state index in [9.17, 15) is 4.79 Å². The van der Waals surface area contributed by atoms with Gasteiger partial charge in [-0.1, -0.05) is 31.8 Å². The molecule has 1 saturated carbocycles. The van der Waals surface area contributed by atoms with E-state index < -0.39 is 0 Å². The van der Waals surface area contributed by atoms with Gasteiger partial charge in [0.25, 0.3) is 5.91 Å². The van der Waals surface area contributed by atoms with Crippen LogP contribution in [0.1, 0.15) is 76.9 Å². The highest BCUT2D eigenvalue weighted by molar-refractivity contribution is 5.80. The Labute approximate surface area is 150 Å². The lowest BCUT2D eigenvalue weighted by Gasteiger charge is -2.35. The smallest absolute Gasteiger partial charge is 0.251 e. The molecule has 6 nitrogen and oxygen atoms in total. The van der Waals surface area contributed by atoms with Gasteiger partial charge in [-0.3, -0.25) is 4.79 Å². The van der Waals surface area contributed by atoms with Crippen molar-refractivity contribution >= 4 is 5.91 Å². The normalized spacial score (nSPS) is 28.8. The van der Waals surface area contributed by atoms with E-state index in [0.29, 0.717) is 18.4 Å². The van der Waals surface area contributed by atoms with E-state index >= 15 is 0 Å². The molecular formula is C19H31N3O3. The summed E-state index contributed by atoms with van der Waals surface area (Å²) in [6.45, 7) is 7.62. The van der Waals surface area contributed by atoms with Gasteiger partial charge in [-0.05, 0) is 38.5 Å². The molecule has 3 rings (SSSR count). The Morgan fingerprint density at radius 2 is 2.20 bits per heavy atom. The molecule has 1 aliphatic carbocycles. The fourth-order valence-corrected chi connectivity index (χ4v) is 4.07. The number of hydrogen-bond donors (Lipinski definition) is 0. The van der Waals surface area contributed by atoms with E-state index in [1.54, 1.807) is 0 Å². The summed E-state index contributed by atoms with van der Waals surface area (Å²) in [4.78, 5) is 19.2. The van der Waals surface area contributed by atoms with Crippen LogP contribution in [0.3, 0.4) is 0 Å². The third-order valence-corrected chi connectivity index (χ3v) is 5.52. The number of carbonyl (C=O) groups is 1. The molecule has 2 fully saturated rings. The Morgan fingerprint density at radius 1 is 1.36 bits per heavy atom. The predicted octanol–water partition coefficient (Wildman–Crippen LogP) is 3.32. The molecule has 0 spiro atoms. The minimum Gasteiger partial charge on any atom is -0.365 e. The molecule has 25 heavy (non-hydrogen) atoms. The zero-order chi connectivity index (χ0) is 17.8. The van der Waals surface area contributed by atoms with Crippen LogP contribution in [0.15, 0.2) is 4.52 Å². The topological polar surface area (TPSA) is 68.5 Å². The van der Waals surface area contributed by atoms with Crippen molar-refractivity contribution in [3.8, 4) is 0 Å². The predicted molar refractivity (Wildman–Crippen MR) is 94.2 cm³/mol. The third-order valence-electron chi connectivity index (χ3n) is 5.52. The zero-order valence-electron chi connectivity index (χ0n) is 15.7. The van der Waals surface area contributed by atoms with E-state index in [2.05, 4.69) is 17.1 Å². The number of ether oxygens (including phenoxy) is 1. The van der Waals surface area contributed by atoms with Crippen molar-refractivity contribution in [3.05, 3.63) is 11.7 Å². The second-order valence-corrected chi connectivity index (χ2v) is 7.70. The van der Waals surface area contributed by atoms with Crippen LogP contribution < -0.4 is 0 Å². The lowest BCUT2D eigenvalue weighted by Crippen LogP contribution is -2.45. The van der Waals surface area contributed by atoms with Crippen molar-refractivity contribution in [3.63, 3.8) is 0 Å². The quantitative estimate of drug-likeness (QED) is 0.815. The molecule has 4 atom stereocenters. The molecule has 140 valence electrons. The molecule has 0 bridgehead atoms. The fourth-order valence-electron chi connectivity index (χ4n) is 4.07. The van der Waals surface area contributed by atoms with Crippen molar-refractivity contribution < 1.29 is 14.1 Å². The lowest BCUT2D eigenvalue weighted by atomic mass is 9.88. The van der Waals surface area contributed by atoms with E-state index in [1.165, 1.54) is 12.8 Å². The van der Waals surface area contributed by atoms with Crippen molar-refractivity contribution in [2.24, 2.45) is 5.92 Å². The Balaban J connectivity index is 1.55. The molecule has 1 aliphatic heterocycles. The maximum absolute atomic E-state index is 12.8. The first-order chi connectivity index (χ1) is 12.1. The average Bonchev–Trinajstić information content (AvgIpc) is 3.10. The third kappa shape index (κ3) is 4.60. The Bertz CT molecular complexity index is 574. The summed E-state index contributed by atoms with van der Waals surface area (Å²) in [7, 11) is 0. The van der Waals surface area contributed by atoms with E-state index in [4.69, 9.17) is 9.26 Å². The maximum atomic E-state index is 12.8. The summed E-state index contributed by atoms with van der Waals surface area (Å²) in [5.74, 6) is 2.38. The molecule has 0 unspecified atom stereocenters. The first-order valence-corrected chi connectivity index (χ1v) is 9.83. The second-order valence-electron chi connectivity index (χ2n) is 7.70. The highest BCUT2D eigenvalue weighted by Crippen LogP contribution is 2.28. The monoisotopic (exact) mass is 349 g/mol. The number of nitrogens with zero attached hydrogens (tertiary/aromatic N) is 3. The molecule has 1 aromatic heterocycles. The highest BCUT2D eigenvalue weighted by atomic mass is 16.5. The summed E-state index contributed by atoms with van der Waals surface area (Å²) in [5, 5.41) is 4.10. The summed E-state index contributed by atoms with van der Waals surface area (Å²) in [5.41, 5.74) is 0. The minimum atomic E-state index is -0.370. The van der Waals surface area contributed by atoms with Gasteiger partial charge in [-0.15, -0.1) is 0 Å². The minimum absolute atomic E-state index is 0.0992. The fraction of sp³-hybridized carbons (Fsp3) is 0.842. The van der Waals surface area contributed by atoms with Crippen LogP contribution >= 0.6 is 0 Å². The number of amides is 1. The van der Waals surface area contributed by atoms with Crippen molar-refractivity contribution in [1.82, 2.24) is 15.0 Å². The molecule has 0 radical (unpaired) electrons. The van der Waals surface area contributed by atoms with E-state index in [-0.39, 0.29) is 24.0 Å². The van der Waals surface area contributed by atoms with Gasteiger partial charge >= 0.3 is 0 Å². The zero-order valence-corrected chi connectivity index (χ0v) is 15.7. The number of piperidine rings is 1. The molecule has 2 heterocycles. The summed E-state index contributed by atoms with van der Waals surface area (Å²) in [6.07, 6.45) is 7.21. The van der Waals surface area contributed by atoms with Gasteiger partial charge in [0.05, 0.1) is 6.10 Å². The number of carbonyl (C=O) groups excluding carboxylic acids is 1. The lowest BCUT2D eigenvalue weighted by molar-refractivity contribution is -0.149. The molecule has 0 aromatic carbocycles. The summed E-state index contributed by atoms with van der Waals surface area (Å²) >= 11 is 0. The van der Waals surface area contributed by atoms with Gasteiger partial charge in [-0.25, -0.2) is 0 Å². The van der Waals surface area contributed by atoms with Gasteiger partial charge in [-0.2, -0.15) is 4.98 Å². The van der Waals surface area contributed by atoms with Crippen LogP contribution in [0.25, 0.3) is 0 Å². The van der Waals surface area contributed by atoms with Crippen LogP contribution in [-0.4, -0.2) is 46.2 Å². The van der Waals surface area contributed by atoms with Crippen molar-refractivity contribution in [2.75, 3.05) is 13.1 Å². The standard InChI is InChI=1S/C19H31N3O3/c1-4-17-20-18(21-25-17)15-8-6-10-22(12-15)19(23)14(3)24-16-9-5-7-13(2)11-16/h13-16H,4-12H2,1-3H3/t13-,14+,15-,16+/m1/s1. The number of likely N-dealkylation sites (tertiary alicyclic amines) is 1. The SMILES string of the molecule is CCc1nc([C@@H]2CCCN(C(=O)[C@H](C)O[C@H]3CCC[C@@H](C)C3)C2)no1. The molecule has 1 aromatic rings.